The fourth-order valence-electron chi connectivity index (χ4n) is 2.53. The van der Waals surface area contributed by atoms with Crippen molar-refractivity contribution in [3.05, 3.63) is 58.6 Å². The maximum atomic E-state index is 10.0. The summed E-state index contributed by atoms with van der Waals surface area (Å²) in [6.45, 7) is 0. The van der Waals surface area contributed by atoms with Crippen LogP contribution in [-0.4, -0.2) is 19.3 Å². The van der Waals surface area contributed by atoms with E-state index in [2.05, 4.69) is 10.9 Å². The Morgan fingerprint density at radius 3 is 2.65 bits per heavy atom. The fourth-order valence-corrected chi connectivity index (χ4v) is 2.70. The largest absolute Gasteiger partial charge is 0.507 e. The Labute approximate surface area is 139 Å². The molecule has 0 saturated carbocycles. The molecule has 0 saturated heterocycles. The fraction of sp³-hybridized carbons (Fsp3) is 0.176. The van der Waals surface area contributed by atoms with Gasteiger partial charge >= 0.3 is 0 Å². The van der Waals surface area contributed by atoms with Crippen LogP contribution in [0.15, 0.2) is 42.5 Å². The van der Waals surface area contributed by atoms with Crippen LogP contribution in [0.3, 0.4) is 0 Å². The Kier molecular flexibility index (Phi) is 4.32. The third kappa shape index (κ3) is 3.06. The quantitative estimate of drug-likeness (QED) is 0.802. The van der Waals surface area contributed by atoms with Crippen LogP contribution >= 0.6 is 11.6 Å². The zero-order valence-electron chi connectivity index (χ0n) is 12.8. The molecule has 23 heavy (non-hydrogen) atoms. The second-order valence-electron chi connectivity index (χ2n) is 5.10. The second-order valence-corrected chi connectivity index (χ2v) is 5.53. The number of phenols is 1. The molecule has 0 spiro atoms. The van der Waals surface area contributed by atoms with E-state index >= 15 is 0 Å². The monoisotopic (exact) mass is 332 g/mol. The molecule has 1 aliphatic rings. The van der Waals surface area contributed by atoms with E-state index in [4.69, 9.17) is 21.1 Å². The molecular formula is C17H17ClN2O3. The number of nitrogens with one attached hydrogen (secondary N) is 2. The first-order valence-electron chi connectivity index (χ1n) is 7.06. The van der Waals surface area contributed by atoms with Gasteiger partial charge in [-0.05, 0) is 36.4 Å². The number of phenolic OH excluding ortho intramolecular Hbond substituents is 1. The topological polar surface area (TPSA) is 62.8 Å². The molecule has 3 N–H and O–H groups in total. The molecule has 0 bridgehead atoms. The first-order valence-corrected chi connectivity index (χ1v) is 7.44. The Hall–Kier alpha value is -2.37. The molecule has 1 aliphatic heterocycles. The van der Waals surface area contributed by atoms with E-state index < -0.39 is 0 Å². The molecule has 3 rings (SSSR count). The second kappa shape index (κ2) is 6.40. The number of aromatic hydroxyl groups is 1. The van der Waals surface area contributed by atoms with E-state index in [1.54, 1.807) is 32.4 Å². The van der Waals surface area contributed by atoms with Gasteiger partial charge in [0.1, 0.15) is 17.2 Å². The summed E-state index contributed by atoms with van der Waals surface area (Å²) in [6.07, 6.45) is 1.97. The van der Waals surface area contributed by atoms with E-state index in [-0.39, 0.29) is 11.8 Å². The van der Waals surface area contributed by atoms with Gasteiger partial charge in [-0.1, -0.05) is 11.6 Å². The third-order valence-electron chi connectivity index (χ3n) is 3.72. The normalized spacial score (nSPS) is 16.7. The molecule has 5 nitrogen and oxygen atoms in total. The molecule has 1 heterocycles. The van der Waals surface area contributed by atoms with Gasteiger partial charge in [-0.15, -0.1) is 0 Å². The van der Waals surface area contributed by atoms with Crippen molar-refractivity contribution in [2.24, 2.45) is 0 Å². The summed E-state index contributed by atoms with van der Waals surface area (Å²) in [5.74, 6) is 1.61. The number of rotatable bonds is 4. The molecule has 2 aromatic carbocycles. The van der Waals surface area contributed by atoms with Crippen LogP contribution in [0.4, 0.5) is 0 Å². The first kappa shape index (κ1) is 15.5. The number of hydrazine groups is 1. The minimum absolute atomic E-state index is 0.107. The highest BCUT2D eigenvalue weighted by Crippen LogP contribution is 2.35. The molecule has 0 radical (unpaired) electrons. The van der Waals surface area contributed by atoms with Crippen molar-refractivity contribution in [2.75, 3.05) is 14.2 Å². The molecule has 0 amide bonds. The van der Waals surface area contributed by atoms with E-state index in [1.165, 1.54) is 0 Å². The predicted molar refractivity (Wildman–Crippen MR) is 89.7 cm³/mol. The van der Waals surface area contributed by atoms with E-state index in [1.807, 2.05) is 24.3 Å². The summed E-state index contributed by atoms with van der Waals surface area (Å²) in [4.78, 5) is 0. The SMILES string of the molecule is COc1ccc(C2C=C(c3cc(Cl)ccc3O)NN2)c(OC)c1. The smallest absolute Gasteiger partial charge is 0.127 e. The Bertz CT molecular complexity index is 761. The predicted octanol–water partition coefficient (Wildman–Crippen LogP) is 3.25. The lowest BCUT2D eigenvalue weighted by atomic mass is 10.0. The average Bonchev–Trinajstić information content (AvgIpc) is 3.06. The van der Waals surface area contributed by atoms with Gasteiger partial charge < -0.3 is 20.0 Å². The molecule has 1 atom stereocenters. The number of benzene rings is 2. The maximum Gasteiger partial charge on any atom is 0.127 e. The average molecular weight is 333 g/mol. The number of halogens is 1. The molecule has 0 aliphatic carbocycles. The lowest BCUT2D eigenvalue weighted by molar-refractivity contribution is 0.388. The highest BCUT2D eigenvalue weighted by atomic mass is 35.5. The van der Waals surface area contributed by atoms with Crippen molar-refractivity contribution in [3.8, 4) is 17.2 Å². The maximum absolute atomic E-state index is 10.0. The van der Waals surface area contributed by atoms with Crippen LogP contribution in [0.25, 0.3) is 5.70 Å². The summed E-state index contributed by atoms with van der Waals surface area (Å²) in [7, 11) is 3.23. The van der Waals surface area contributed by atoms with Crippen molar-refractivity contribution in [1.29, 1.82) is 0 Å². The molecule has 1 unspecified atom stereocenters. The van der Waals surface area contributed by atoms with Crippen molar-refractivity contribution in [3.63, 3.8) is 0 Å². The van der Waals surface area contributed by atoms with Crippen LogP contribution in [0.2, 0.25) is 5.02 Å². The lowest BCUT2D eigenvalue weighted by Crippen LogP contribution is -2.26. The Morgan fingerprint density at radius 1 is 1.09 bits per heavy atom. The summed E-state index contributed by atoms with van der Waals surface area (Å²) in [5.41, 5.74) is 8.59. The van der Waals surface area contributed by atoms with Crippen LogP contribution in [0, 0.1) is 0 Å². The van der Waals surface area contributed by atoms with E-state index in [0.717, 1.165) is 22.8 Å². The van der Waals surface area contributed by atoms with Crippen molar-refractivity contribution in [1.82, 2.24) is 10.9 Å². The Morgan fingerprint density at radius 2 is 1.91 bits per heavy atom. The van der Waals surface area contributed by atoms with Gasteiger partial charge in [0.05, 0.1) is 26.0 Å². The highest BCUT2D eigenvalue weighted by Gasteiger charge is 2.22. The first-order chi connectivity index (χ1) is 11.1. The molecule has 6 heteroatoms. The van der Waals surface area contributed by atoms with Crippen LogP contribution in [0.5, 0.6) is 17.2 Å². The van der Waals surface area contributed by atoms with Crippen LogP contribution < -0.4 is 20.3 Å². The standard InChI is InChI=1S/C17H17ClN2O3/c1-22-11-4-5-12(17(8-11)23-2)14-9-15(20-19-14)13-7-10(18)3-6-16(13)21/h3-9,14,19-21H,1-2H3. The van der Waals surface area contributed by atoms with E-state index in [9.17, 15) is 5.11 Å². The van der Waals surface area contributed by atoms with Crippen molar-refractivity contribution >= 4 is 17.3 Å². The van der Waals surface area contributed by atoms with Gasteiger partial charge in [-0.25, -0.2) is 5.43 Å². The summed E-state index contributed by atoms with van der Waals surface area (Å²) in [5, 5.41) is 10.6. The van der Waals surface area contributed by atoms with Gasteiger partial charge in [-0.2, -0.15) is 0 Å². The lowest BCUT2D eigenvalue weighted by Gasteiger charge is -2.14. The molecule has 0 aromatic heterocycles. The van der Waals surface area contributed by atoms with Crippen molar-refractivity contribution in [2.45, 2.75) is 6.04 Å². The summed E-state index contributed by atoms with van der Waals surface area (Å²) >= 11 is 6.01. The molecule has 0 fully saturated rings. The van der Waals surface area contributed by atoms with E-state index in [0.29, 0.717) is 10.6 Å². The molecule has 120 valence electrons. The molecular weight excluding hydrogens is 316 g/mol. The zero-order valence-corrected chi connectivity index (χ0v) is 13.5. The third-order valence-corrected chi connectivity index (χ3v) is 3.96. The highest BCUT2D eigenvalue weighted by molar-refractivity contribution is 6.30. The Balaban J connectivity index is 1.95. The van der Waals surface area contributed by atoms with Crippen LogP contribution in [-0.2, 0) is 0 Å². The summed E-state index contributed by atoms with van der Waals surface area (Å²) in [6, 6.07) is 10.5. The van der Waals surface area contributed by atoms with Gasteiger partial charge in [0, 0.05) is 22.2 Å². The van der Waals surface area contributed by atoms with Crippen molar-refractivity contribution < 1.29 is 14.6 Å². The minimum atomic E-state index is -0.107. The van der Waals surface area contributed by atoms with Gasteiger partial charge in [0.25, 0.3) is 0 Å². The number of hydrogen-bond acceptors (Lipinski definition) is 5. The summed E-state index contributed by atoms with van der Waals surface area (Å²) < 4.78 is 10.7. The number of ether oxygens (including phenoxy) is 2. The zero-order chi connectivity index (χ0) is 16.4. The number of hydrogen-bond donors (Lipinski definition) is 3. The minimum Gasteiger partial charge on any atom is -0.507 e. The number of methoxy groups -OCH3 is 2. The molecule has 2 aromatic rings. The van der Waals surface area contributed by atoms with Gasteiger partial charge in [-0.3, -0.25) is 0 Å². The van der Waals surface area contributed by atoms with Gasteiger partial charge in [0.2, 0.25) is 0 Å². The van der Waals surface area contributed by atoms with Crippen LogP contribution in [0.1, 0.15) is 17.2 Å². The van der Waals surface area contributed by atoms with Gasteiger partial charge in [0.15, 0.2) is 0 Å².